The van der Waals surface area contributed by atoms with Crippen molar-refractivity contribution < 1.29 is 9.84 Å². The third-order valence-corrected chi connectivity index (χ3v) is 4.94. The zero-order valence-corrected chi connectivity index (χ0v) is 15.7. The molecule has 1 N–H and O–H groups in total. The van der Waals surface area contributed by atoms with E-state index in [1.54, 1.807) is 23.8 Å². The fourth-order valence-corrected chi connectivity index (χ4v) is 3.63. The van der Waals surface area contributed by atoms with Crippen LogP contribution in [0.4, 0.5) is 10.7 Å². The Kier molecular flexibility index (Phi) is 4.96. The zero-order valence-electron chi connectivity index (χ0n) is 14.1. The Hall–Kier alpha value is -2.51. The maximum Gasteiger partial charge on any atom is 0.236 e. The van der Waals surface area contributed by atoms with E-state index in [9.17, 15) is 5.11 Å². The first kappa shape index (κ1) is 17.3. The second-order valence-electron chi connectivity index (χ2n) is 5.49. The van der Waals surface area contributed by atoms with Crippen LogP contribution < -0.4 is 4.74 Å². The molecule has 5 nitrogen and oxygen atoms in total. The highest BCUT2D eigenvalue weighted by Gasteiger charge is 2.15. The van der Waals surface area contributed by atoms with Gasteiger partial charge in [0.1, 0.15) is 11.4 Å². The van der Waals surface area contributed by atoms with Gasteiger partial charge in [-0.15, -0.1) is 10.2 Å². The van der Waals surface area contributed by atoms with Crippen molar-refractivity contribution in [2.24, 2.45) is 10.2 Å². The van der Waals surface area contributed by atoms with Crippen LogP contribution in [0.5, 0.6) is 11.6 Å². The molecule has 0 saturated heterocycles. The molecule has 128 valence electrons. The first-order chi connectivity index (χ1) is 12.0. The smallest absolute Gasteiger partial charge is 0.236 e. The predicted molar refractivity (Wildman–Crippen MR) is 103 cm³/mol. The lowest BCUT2D eigenvalue weighted by atomic mass is 10.1. The van der Waals surface area contributed by atoms with E-state index in [4.69, 9.17) is 17.0 Å². The molecule has 3 rings (SSSR count). The monoisotopic (exact) mass is 371 g/mol. The minimum atomic E-state index is -0.0133. The summed E-state index contributed by atoms with van der Waals surface area (Å²) in [6.45, 7) is 4.01. The number of hydrogen-bond acceptors (Lipinski definition) is 6. The summed E-state index contributed by atoms with van der Waals surface area (Å²) in [5.74, 6) is 0.601. The molecule has 0 aliphatic carbocycles. The van der Waals surface area contributed by atoms with Crippen LogP contribution in [-0.2, 0) is 0 Å². The number of benzene rings is 2. The summed E-state index contributed by atoms with van der Waals surface area (Å²) in [4.78, 5) is 0. The second kappa shape index (κ2) is 7.16. The molecule has 0 unspecified atom stereocenters. The lowest BCUT2D eigenvalue weighted by Gasteiger charge is -2.09. The Morgan fingerprint density at radius 2 is 1.88 bits per heavy atom. The molecule has 1 aromatic heterocycles. The second-order valence-corrected chi connectivity index (χ2v) is 7.12. The fourth-order valence-electron chi connectivity index (χ4n) is 2.50. The summed E-state index contributed by atoms with van der Waals surface area (Å²) in [6.07, 6.45) is 0. The van der Waals surface area contributed by atoms with Crippen LogP contribution in [0, 0.1) is 17.8 Å². The van der Waals surface area contributed by atoms with Crippen molar-refractivity contribution in [3.8, 4) is 17.3 Å². The molecule has 0 aliphatic heterocycles. The van der Waals surface area contributed by atoms with E-state index in [1.807, 2.05) is 44.2 Å². The van der Waals surface area contributed by atoms with Crippen molar-refractivity contribution in [1.82, 2.24) is 4.57 Å². The van der Waals surface area contributed by atoms with E-state index >= 15 is 0 Å². The third-order valence-electron chi connectivity index (χ3n) is 3.70. The molecule has 0 saturated carbocycles. The summed E-state index contributed by atoms with van der Waals surface area (Å²) in [5.41, 5.74) is 3.60. The van der Waals surface area contributed by atoms with Crippen molar-refractivity contribution in [2.45, 2.75) is 13.8 Å². The van der Waals surface area contributed by atoms with Gasteiger partial charge in [-0.05, 0) is 49.8 Å². The molecule has 0 bridgehead atoms. The fraction of sp³-hybridized carbons (Fsp3) is 0.167. The van der Waals surface area contributed by atoms with E-state index in [-0.39, 0.29) is 5.88 Å². The Labute approximate surface area is 154 Å². The van der Waals surface area contributed by atoms with E-state index in [0.717, 1.165) is 16.8 Å². The van der Waals surface area contributed by atoms with Gasteiger partial charge in [0.2, 0.25) is 10.9 Å². The largest absolute Gasteiger partial charge is 0.494 e. The molecule has 0 radical (unpaired) electrons. The van der Waals surface area contributed by atoms with Gasteiger partial charge in [0.25, 0.3) is 0 Å². The SMILES string of the molecule is COc1ccccc1N=Nc1sc(=S)n(-c2ccc(C)cc2C)c1O. The molecule has 0 amide bonds. The number of azo groups is 1. The Morgan fingerprint density at radius 1 is 1.12 bits per heavy atom. The van der Waals surface area contributed by atoms with Gasteiger partial charge >= 0.3 is 0 Å². The summed E-state index contributed by atoms with van der Waals surface area (Å²) >= 11 is 6.62. The molecular formula is C18H17N3O2S2. The number of thiazole rings is 1. The van der Waals surface area contributed by atoms with E-state index in [0.29, 0.717) is 20.4 Å². The number of para-hydroxylation sites is 1. The average Bonchev–Trinajstić information content (AvgIpc) is 2.87. The summed E-state index contributed by atoms with van der Waals surface area (Å²) in [6, 6.07) is 13.3. The topological polar surface area (TPSA) is 59.1 Å². The summed E-state index contributed by atoms with van der Waals surface area (Å²) < 4.78 is 7.38. The van der Waals surface area contributed by atoms with Crippen molar-refractivity contribution in [1.29, 1.82) is 0 Å². The molecule has 25 heavy (non-hydrogen) atoms. The molecule has 0 atom stereocenters. The number of aryl methyl sites for hydroxylation is 2. The van der Waals surface area contributed by atoms with E-state index in [2.05, 4.69) is 10.2 Å². The van der Waals surface area contributed by atoms with E-state index < -0.39 is 0 Å². The normalized spacial score (nSPS) is 11.2. The van der Waals surface area contributed by atoms with Gasteiger partial charge in [-0.1, -0.05) is 41.2 Å². The number of rotatable bonds is 4. The van der Waals surface area contributed by atoms with Gasteiger partial charge in [-0.2, -0.15) is 0 Å². The molecular weight excluding hydrogens is 354 g/mol. The highest BCUT2D eigenvalue weighted by atomic mass is 32.1. The van der Waals surface area contributed by atoms with Crippen LogP contribution >= 0.6 is 23.6 Å². The quantitative estimate of drug-likeness (QED) is 0.451. The molecule has 3 aromatic rings. The summed E-state index contributed by atoms with van der Waals surface area (Å²) in [5, 5.41) is 19.3. The van der Waals surface area contributed by atoms with Crippen LogP contribution in [0.1, 0.15) is 11.1 Å². The van der Waals surface area contributed by atoms with Crippen LogP contribution in [0.15, 0.2) is 52.7 Å². The van der Waals surface area contributed by atoms with Crippen molar-refractivity contribution >= 4 is 34.2 Å². The number of methoxy groups -OCH3 is 1. The average molecular weight is 371 g/mol. The van der Waals surface area contributed by atoms with Gasteiger partial charge in [0.05, 0.1) is 12.8 Å². The van der Waals surface area contributed by atoms with Gasteiger partial charge in [0, 0.05) is 0 Å². The number of hydrogen-bond donors (Lipinski definition) is 1. The number of aromatic hydroxyl groups is 1. The van der Waals surface area contributed by atoms with Crippen LogP contribution in [0.2, 0.25) is 0 Å². The van der Waals surface area contributed by atoms with E-state index in [1.165, 1.54) is 11.3 Å². The minimum Gasteiger partial charge on any atom is -0.494 e. The highest BCUT2D eigenvalue weighted by Crippen LogP contribution is 2.39. The number of aromatic nitrogens is 1. The predicted octanol–water partition coefficient (Wildman–Crippen LogP) is 6.01. The molecule has 2 aromatic carbocycles. The zero-order chi connectivity index (χ0) is 18.0. The molecule has 7 heteroatoms. The van der Waals surface area contributed by atoms with Gasteiger partial charge in [-0.25, -0.2) is 0 Å². The van der Waals surface area contributed by atoms with Gasteiger partial charge in [-0.3, -0.25) is 4.57 Å². The number of ether oxygens (including phenoxy) is 1. The van der Waals surface area contributed by atoms with Gasteiger partial charge < -0.3 is 9.84 Å². The molecule has 1 heterocycles. The van der Waals surface area contributed by atoms with Crippen LogP contribution in [-0.4, -0.2) is 16.8 Å². The number of nitrogens with zero attached hydrogens (tertiary/aromatic N) is 3. The Balaban J connectivity index is 2.03. The van der Waals surface area contributed by atoms with Crippen molar-refractivity contribution in [2.75, 3.05) is 7.11 Å². The van der Waals surface area contributed by atoms with Crippen LogP contribution in [0.25, 0.3) is 5.69 Å². The maximum atomic E-state index is 10.6. The van der Waals surface area contributed by atoms with Crippen molar-refractivity contribution in [3.05, 3.63) is 57.5 Å². The molecule has 0 fully saturated rings. The van der Waals surface area contributed by atoms with Crippen molar-refractivity contribution in [3.63, 3.8) is 0 Å². The Bertz CT molecular complexity index is 1010. The minimum absolute atomic E-state index is 0.0133. The lowest BCUT2D eigenvalue weighted by Crippen LogP contribution is -1.96. The molecule has 0 spiro atoms. The Morgan fingerprint density at radius 3 is 2.60 bits per heavy atom. The van der Waals surface area contributed by atoms with Gasteiger partial charge in [0.15, 0.2) is 3.95 Å². The lowest BCUT2D eigenvalue weighted by molar-refractivity contribution is 0.415. The third kappa shape index (κ3) is 3.47. The van der Waals surface area contributed by atoms with Crippen LogP contribution in [0.3, 0.4) is 0 Å². The summed E-state index contributed by atoms with van der Waals surface area (Å²) in [7, 11) is 1.58. The molecule has 0 aliphatic rings. The maximum absolute atomic E-state index is 10.6. The first-order valence-electron chi connectivity index (χ1n) is 7.58. The first-order valence-corrected chi connectivity index (χ1v) is 8.81. The highest BCUT2D eigenvalue weighted by molar-refractivity contribution is 7.73. The standard InChI is InChI=1S/C18H17N3O2S2/c1-11-8-9-14(12(2)10-11)21-17(22)16(25-18(21)24)20-19-13-6-4-5-7-15(13)23-3/h4-10,22H,1-3H3.